The fourth-order valence-electron chi connectivity index (χ4n) is 1.32. The summed E-state index contributed by atoms with van der Waals surface area (Å²) in [5.41, 5.74) is 0. The van der Waals surface area contributed by atoms with Gasteiger partial charge in [-0.3, -0.25) is 4.79 Å². The molecule has 0 N–H and O–H groups in total. The van der Waals surface area contributed by atoms with Crippen molar-refractivity contribution in [1.82, 2.24) is 0 Å². The molecule has 2 atom stereocenters. The first kappa shape index (κ1) is 17.0. The van der Waals surface area contributed by atoms with Crippen LogP contribution >= 0.6 is 0 Å². The maximum atomic E-state index is 12.5. The highest BCUT2D eigenvalue weighted by molar-refractivity contribution is 5.66. The van der Waals surface area contributed by atoms with Crippen molar-refractivity contribution in [3.05, 3.63) is 12.7 Å². The second-order valence-corrected chi connectivity index (χ2v) is 3.89. The monoisotopic (exact) mass is 268 g/mol. The van der Waals surface area contributed by atoms with E-state index < -0.39 is 24.5 Å². The van der Waals surface area contributed by atoms with Gasteiger partial charge in [0.05, 0.1) is 6.10 Å². The molecule has 0 heterocycles. The molecule has 0 aromatic rings. The van der Waals surface area contributed by atoms with Gasteiger partial charge in [0.2, 0.25) is 0 Å². The fraction of sp³-hybridized carbons (Fsp3) is 0.750. The van der Waals surface area contributed by atoms with Crippen LogP contribution in [0.4, 0.5) is 13.2 Å². The molecule has 0 spiro atoms. The fourth-order valence-corrected chi connectivity index (χ4v) is 1.32. The van der Waals surface area contributed by atoms with Gasteiger partial charge in [-0.05, 0) is 6.42 Å². The van der Waals surface area contributed by atoms with Crippen LogP contribution in [0.15, 0.2) is 12.7 Å². The third-order valence-corrected chi connectivity index (χ3v) is 2.19. The molecule has 0 radical (unpaired) electrons. The highest BCUT2D eigenvalue weighted by atomic mass is 19.4. The first-order chi connectivity index (χ1) is 8.31. The van der Waals surface area contributed by atoms with Gasteiger partial charge in [0, 0.05) is 6.92 Å². The molecule has 0 fully saturated rings. The molecule has 0 aromatic carbocycles. The third-order valence-electron chi connectivity index (χ3n) is 2.19. The van der Waals surface area contributed by atoms with E-state index in [9.17, 15) is 18.0 Å². The molecule has 3 nitrogen and oxygen atoms in total. The molecule has 0 aromatic heterocycles. The van der Waals surface area contributed by atoms with Gasteiger partial charge in [0.15, 0.2) is 0 Å². The van der Waals surface area contributed by atoms with Gasteiger partial charge in [0.25, 0.3) is 0 Å². The summed E-state index contributed by atoms with van der Waals surface area (Å²) in [5, 5.41) is 0. The molecular formula is C12H19F3O3. The SMILES string of the molecule is C=CC(CCCCC)OC(OC(C)=O)C(F)(F)F. The molecule has 6 heteroatoms. The zero-order valence-electron chi connectivity index (χ0n) is 10.6. The van der Waals surface area contributed by atoms with Crippen LogP contribution in [0.2, 0.25) is 0 Å². The Bertz CT molecular complexity index is 264. The van der Waals surface area contributed by atoms with Gasteiger partial charge in [0.1, 0.15) is 0 Å². The molecule has 0 rings (SSSR count). The van der Waals surface area contributed by atoms with Crippen molar-refractivity contribution in [2.75, 3.05) is 0 Å². The van der Waals surface area contributed by atoms with E-state index in [0.29, 0.717) is 6.42 Å². The quantitative estimate of drug-likeness (QED) is 0.292. The zero-order valence-corrected chi connectivity index (χ0v) is 10.6. The molecule has 0 aliphatic rings. The third kappa shape index (κ3) is 7.32. The number of rotatable bonds is 8. The number of hydrogen-bond donors (Lipinski definition) is 0. The summed E-state index contributed by atoms with van der Waals surface area (Å²) in [6, 6.07) is 0. The van der Waals surface area contributed by atoms with Gasteiger partial charge in [-0.25, -0.2) is 0 Å². The standard InChI is InChI=1S/C12H19F3O3/c1-4-6-7-8-10(5-2)18-11(12(13,14)15)17-9(3)16/h5,10-11H,2,4,6-8H2,1,3H3. The van der Waals surface area contributed by atoms with E-state index >= 15 is 0 Å². The van der Waals surface area contributed by atoms with E-state index in [2.05, 4.69) is 11.3 Å². The van der Waals surface area contributed by atoms with Crippen LogP contribution in [0.5, 0.6) is 0 Å². The largest absolute Gasteiger partial charge is 0.452 e. The summed E-state index contributed by atoms with van der Waals surface area (Å²) in [6.45, 7) is 6.31. The van der Waals surface area contributed by atoms with Gasteiger partial charge in [-0.2, -0.15) is 13.2 Å². The Morgan fingerprint density at radius 1 is 1.39 bits per heavy atom. The number of esters is 1. The van der Waals surface area contributed by atoms with Crippen molar-refractivity contribution in [3.8, 4) is 0 Å². The number of carbonyl (C=O) groups excluding carboxylic acids is 1. The molecule has 18 heavy (non-hydrogen) atoms. The summed E-state index contributed by atoms with van der Waals surface area (Å²) >= 11 is 0. The number of halogens is 3. The Kier molecular flexibility index (Phi) is 7.66. The van der Waals surface area contributed by atoms with E-state index in [1.807, 2.05) is 6.92 Å². The van der Waals surface area contributed by atoms with Crippen LogP contribution in [0.25, 0.3) is 0 Å². The molecule has 0 aliphatic heterocycles. The highest BCUT2D eigenvalue weighted by Crippen LogP contribution is 2.26. The van der Waals surface area contributed by atoms with Crippen LogP contribution in [-0.4, -0.2) is 24.5 Å². The predicted octanol–water partition coefficient (Wildman–Crippen LogP) is 3.59. The number of hydrogen-bond acceptors (Lipinski definition) is 3. The lowest BCUT2D eigenvalue weighted by atomic mass is 10.1. The van der Waals surface area contributed by atoms with Gasteiger partial charge in [-0.15, -0.1) is 6.58 Å². The van der Waals surface area contributed by atoms with E-state index in [0.717, 1.165) is 26.2 Å². The minimum Gasteiger partial charge on any atom is -0.426 e. The number of carbonyl (C=O) groups is 1. The first-order valence-electron chi connectivity index (χ1n) is 5.83. The van der Waals surface area contributed by atoms with Gasteiger partial charge >= 0.3 is 18.4 Å². The van der Waals surface area contributed by atoms with E-state index in [1.165, 1.54) is 6.08 Å². The van der Waals surface area contributed by atoms with Gasteiger partial charge in [-0.1, -0.05) is 32.3 Å². The minimum absolute atomic E-state index is 0.422. The zero-order chi connectivity index (χ0) is 14.2. The van der Waals surface area contributed by atoms with Crippen LogP contribution in [-0.2, 0) is 14.3 Å². The lowest BCUT2D eigenvalue weighted by Crippen LogP contribution is -2.38. The van der Waals surface area contributed by atoms with Crippen molar-refractivity contribution in [3.63, 3.8) is 0 Å². The minimum atomic E-state index is -4.74. The summed E-state index contributed by atoms with van der Waals surface area (Å²) in [7, 11) is 0. The molecule has 2 unspecified atom stereocenters. The Morgan fingerprint density at radius 2 is 2.00 bits per heavy atom. The lowest BCUT2D eigenvalue weighted by molar-refractivity contribution is -0.306. The van der Waals surface area contributed by atoms with Gasteiger partial charge < -0.3 is 9.47 Å². The van der Waals surface area contributed by atoms with Crippen molar-refractivity contribution in [1.29, 1.82) is 0 Å². The molecule has 0 bridgehead atoms. The molecule has 0 saturated carbocycles. The highest BCUT2D eigenvalue weighted by Gasteiger charge is 2.44. The van der Waals surface area contributed by atoms with E-state index in [4.69, 9.17) is 4.74 Å². The summed E-state index contributed by atoms with van der Waals surface area (Å²) in [5.74, 6) is -1.03. The Labute approximate surface area is 105 Å². The second-order valence-electron chi connectivity index (χ2n) is 3.89. The number of ether oxygens (including phenoxy) is 2. The van der Waals surface area contributed by atoms with Crippen molar-refractivity contribution >= 4 is 5.97 Å². The summed E-state index contributed by atoms with van der Waals surface area (Å²) in [6.07, 6.45) is -3.74. The second kappa shape index (κ2) is 8.13. The molecule has 0 aliphatic carbocycles. The summed E-state index contributed by atoms with van der Waals surface area (Å²) < 4.78 is 46.4. The van der Waals surface area contributed by atoms with Crippen molar-refractivity contribution < 1.29 is 27.4 Å². The molecule has 106 valence electrons. The molecule has 0 amide bonds. The van der Waals surface area contributed by atoms with Crippen molar-refractivity contribution in [2.45, 2.75) is 58.1 Å². The van der Waals surface area contributed by atoms with Crippen LogP contribution < -0.4 is 0 Å². The Morgan fingerprint density at radius 3 is 2.39 bits per heavy atom. The number of alkyl halides is 3. The van der Waals surface area contributed by atoms with Crippen LogP contribution in [0, 0.1) is 0 Å². The predicted molar refractivity (Wildman–Crippen MR) is 60.8 cm³/mol. The Balaban J connectivity index is 4.43. The van der Waals surface area contributed by atoms with E-state index in [1.54, 1.807) is 0 Å². The normalized spacial score (nSPS) is 14.9. The lowest BCUT2D eigenvalue weighted by Gasteiger charge is -2.24. The smallest absolute Gasteiger partial charge is 0.426 e. The van der Waals surface area contributed by atoms with Crippen LogP contribution in [0.1, 0.15) is 39.5 Å². The average molecular weight is 268 g/mol. The Hall–Kier alpha value is -1.04. The molecule has 0 saturated heterocycles. The average Bonchev–Trinajstić information content (AvgIpc) is 2.24. The van der Waals surface area contributed by atoms with Crippen molar-refractivity contribution in [2.24, 2.45) is 0 Å². The topological polar surface area (TPSA) is 35.5 Å². The summed E-state index contributed by atoms with van der Waals surface area (Å²) in [4.78, 5) is 10.6. The van der Waals surface area contributed by atoms with Crippen LogP contribution in [0.3, 0.4) is 0 Å². The first-order valence-corrected chi connectivity index (χ1v) is 5.83. The number of unbranched alkanes of at least 4 members (excludes halogenated alkanes) is 2. The maximum Gasteiger partial charge on any atom is 0.452 e. The maximum absolute atomic E-state index is 12.5. The van der Waals surface area contributed by atoms with E-state index in [-0.39, 0.29) is 0 Å². The molecular weight excluding hydrogens is 249 g/mol.